The molecule has 0 heterocycles. The molecule has 0 unspecified atom stereocenters. The van der Waals surface area contributed by atoms with Crippen molar-refractivity contribution in [1.82, 2.24) is 0 Å². The molecular formula is C15H20F3NO2. The van der Waals surface area contributed by atoms with Crippen LogP contribution in [0, 0.1) is 0 Å². The summed E-state index contributed by atoms with van der Waals surface area (Å²) in [5.41, 5.74) is 4.61. The van der Waals surface area contributed by atoms with E-state index in [0.29, 0.717) is 12.8 Å². The van der Waals surface area contributed by atoms with E-state index in [9.17, 15) is 13.2 Å². The van der Waals surface area contributed by atoms with Crippen molar-refractivity contribution in [2.75, 3.05) is 14.2 Å². The van der Waals surface area contributed by atoms with Gasteiger partial charge in [0.1, 0.15) is 0 Å². The summed E-state index contributed by atoms with van der Waals surface area (Å²) in [5, 5.41) is 0. The highest BCUT2D eigenvalue weighted by molar-refractivity contribution is 5.55. The Labute approximate surface area is 122 Å². The van der Waals surface area contributed by atoms with Crippen LogP contribution >= 0.6 is 0 Å². The standard InChI is InChI=1S/C15H20F3NO2/c1-20-11-7-6-10(15(16,17)18)12(13(11)21-2)14(19)8-4-3-5-9-14/h6-7H,3-5,8-9,19H2,1-2H3. The molecule has 3 nitrogen and oxygen atoms in total. The Morgan fingerprint density at radius 2 is 1.67 bits per heavy atom. The van der Waals surface area contributed by atoms with Crippen molar-refractivity contribution in [2.45, 2.75) is 43.8 Å². The molecule has 1 fully saturated rings. The lowest BCUT2D eigenvalue weighted by atomic mass is 9.75. The molecule has 6 heteroatoms. The largest absolute Gasteiger partial charge is 0.493 e. The highest BCUT2D eigenvalue weighted by Gasteiger charge is 2.43. The summed E-state index contributed by atoms with van der Waals surface area (Å²) in [7, 11) is 2.74. The third-order valence-electron chi connectivity index (χ3n) is 4.09. The van der Waals surface area contributed by atoms with E-state index < -0.39 is 17.3 Å². The number of benzene rings is 1. The van der Waals surface area contributed by atoms with E-state index in [-0.39, 0.29) is 17.1 Å². The predicted molar refractivity (Wildman–Crippen MR) is 73.5 cm³/mol. The first kappa shape index (κ1) is 15.9. The topological polar surface area (TPSA) is 44.5 Å². The van der Waals surface area contributed by atoms with E-state index in [0.717, 1.165) is 25.3 Å². The minimum Gasteiger partial charge on any atom is -0.493 e. The lowest BCUT2D eigenvalue weighted by Gasteiger charge is -2.37. The number of halogens is 3. The molecule has 0 aliphatic heterocycles. The Morgan fingerprint density at radius 3 is 2.14 bits per heavy atom. The van der Waals surface area contributed by atoms with Crippen LogP contribution in [0.15, 0.2) is 12.1 Å². The molecular weight excluding hydrogens is 283 g/mol. The van der Waals surface area contributed by atoms with Crippen LogP contribution in [-0.4, -0.2) is 14.2 Å². The highest BCUT2D eigenvalue weighted by Crippen LogP contribution is 2.49. The van der Waals surface area contributed by atoms with Crippen LogP contribution in [0.25, 0.3) is 0 Å². The number of methoxy groups -OCH3 is 2. The Kier molecular flexibility index (Phi) is 4.37. The summed E-state index contributed by atoms with van der Waals surface area (Å²) >= 11 is 0. The molecule has 0 saturated heterocycles. The first-order valence-electron chi connectivity index (χ1n) is 6.95. The first-order chi connectivity index (χ1) is 9.83. The molecule has 0 radical (unpaired) electrons. The molecule has 118 valence electrons. The SMILES string of the molecule is COc1ccc(C(F)(F)F)c(C2(N)CCCCC2)c1OC. The van der Waals surface area contributed by atoms with Gasteiger partial charge in [-0.3, -0.25) is 0 Å². The van der Waals surface area contributed by atoms with Crippen molar-refractivity contribution in [2.24, 2.45) is 5.73 Å². The molecule has 2 N–H and O–H groups in total. The Bertz CT molecular complexity index is 508. The fourth-order valence-electron chi connectivity index (χ4n) is 3.09. The number of ether oxygens (including phenoxy) is 2. The van der Waals surface area contributed by atoms with Crippen molar-refractivity contribution in [3.63, 3.8) is 0 Å². The molecule has 1 aromatic rings. The molecule has 1 saturated carbocycles. The molecule has 0 spiro atoms. The molecule has 1 aromatic carbocycles. The molecule has 0 bridgehead atoms. The lowest BCUT2D eigenvalue weighted by Crippen LogP contribution is -2.40. The van der Waals surface area contributed by atoms with Gasteiger partial charge >= 0.3 is 6.18 Å². The van der Waals surface area contributed by atoms with Gasteiger partial charge < -0.3 is 15.2 Å². The molecule has 0 atom stereocenters. The normalized spacial score (nSPS) is 18.4. The number of alkyl halides is 3. The zero-order valence-corrected chi connectivity index (χ0v) is 12.2. The van der Waals surface area contributed by atoms with E-state index in [1.807, 2.05) is 0 Å². The summed E-state index contributed by atoms with van der Waals surface area (Å²) in [6.07, 6.45) is -0.827. The zero-order valence-electron chi connectivity index (χ0n) is 12.2. The van der Waals surface area contributed by atoms with Crippen LogP contribution in [-0.2, 0) is 11.7 Å². The van der Waals surface area contributed by atoms with E-state index in [2.05, 4.69) is 0 Å². The van der Waals surface area contributed by atoms with Gasteiger partial charge in [-0.05, 0) is 25.0 Å². The molecule has 0 amide bonds. The highest BCUT2D eigenvalue weighted by atomic mass is 19.4. The summed E-state index contributed by atoms with van der Waals surface area (Å²) in [5.74, 6) is 0.368. The van der Waals surface area contributed by atoms with Gasteiger partial charge in [-0.2, -0.15) is 13.2 Å². The molecule has 1 aliphatic carbocycles. The second kappa shape index (κ2) is 5.75. The van der Waals surface area contributed by atoms with E-state index in [1.54, 1.807) is 0 Å². The number of rotatable bonds is 3. The average Bonchev–Trinajstić information content (AvgIpc) is 2.45. The second-order valence-electron chi connectivity index (χ2n) is 5.44. The summed E-state index contributed by atoms with van der Waals surface area (Å²) < 4.78 is 50.5. The van der Waals surface area contributed by atoms with Crippen molar-refractivity contribution in [1.29, 1.82) is 0 Å². The maximum absolute atomic E-state index is 13.4. The summed E-state index contributed by atoms with van der Waals surface area (Å²) in [6, 6.07) is 2.30. The molecule has 0 aromatic heterocycles. The average molecular weight is 303 g/mol. The minimum atomic E-state index is -4.47. The monoisotopic (exact) mass is 303 g/mol. The summed E-state index contributed by atoms with van der Waals surface area (Å²) in [6.45, 7) is 0. The lowest BCUT2D eigenvalue weighted by molar-refractivity contribution is -0.139. The number of hydrogen-bond donors (Lipinski definition) is 1. The van der Waals surface area contributed by atoms with Gasteiger partial charge in [-0.1, -0.05) is 19.3 Å². The van der Waals surface area contributed by atoms with Crippen molar-refractivity contribution >= 4 is 0 Å². The molecule has 2 rings (SSSR count). The van der Waals surface area contributed by atoms with Gasteiger partial charge in [0.05, 0.1) is 19.8 Å². The van der Waals surface area contributed by atoms with Crippen LogP contribution in [0.3, 0.4) is 0 Å². The Morgan fingerprint density at radius 1 is 1.05 bits per heavy atom. The summed E-state index contributed by atoms with van der Waals surface area (Å²) in [4.78, 5) is 0. The maximum atomic E-state index is 13.4. The van der Waals surface area contributed by atoms with Crippen LogP contribution in [0.2, 0.25) is 0 Å². The van der Waals surface area contributed by atoms with Gasteiger partial charge in [-0.25, -0.2) is 0 Å². The number of nitrogens with two attached hydrogens (primary N) is 1. The van der Waals surface area contributed by atoms with Gasteiger partial charge in [0.2, 0.25) is 0 Å². The van der Waals surface area contributed by atoms with Crippen molar-refractivity contribution in [3.05, 3.63) is 23.3 Å². The van der Waals surface area contributed by atoms with Gasteiger partial charge in [0, 0.05) is 11.1 Å². The van der Waals surface area contributed by atoms with Crippen LogP contribution in [0.5, 0.6) is 11.5 Å². The Hall–Kier alpha value is -1.43. The van der Waals surface area contributed by atoms with Crippen LogP contribution in [0.1, 0.15) is 43.2 Å². The third kappa shape index (κ3) is 2.95. The Balaban J connectivity index is 2.69. The van der Waals surface area contributed by atoms with Crippen LogP contribution in [0.4, 0.5) is 13.2 Å². The quantitative estimate of drug-likeness (QED) is 0.922. The second-order valence-corrected chi connectivity index (χ2v) is 5.44. The van der Waals surface area contributed by atoms with Crippen molar-refractivity contribution < 1.29 is 22.6 Å². The van der Waals surface area contributed by atoms with E-state index in [4.69, 9.17) is 15.2 Å². The van der Waals surface area contributed by atoms with Crippen LogP contribution < -0.4 is 15.2 Å². The smallest absolute Gasteiger partial charge is 0.416 e. The maximum Gasteiger partial charge on any atom is 0.416 e. The van der Waals surface area contributed by atoms with Gasteiger partial charge in [0.25, 0.3) is 0 Å². The molecule has 1 aliphatic rings. The van der Waals surface area contributed by atoms with Gasteiger partial charge in [0.15, 0.2) is 11.5 Å². The fraction of sp³-hybridized carbons (Fsp3) is 0.600. The minimum absolute atomic E-state index is 0.0246. The van der Waals surface area contributed by atoms with E-state index in [1.165, 1.54) is 20.3 Å². The van der Waals surface area contributed by atoms with Crippen molar-refractivity contribution in [3.8, 4) is 11.5 Å². The van der Waals surface area contributed by atoms with E-state index >= 15 is 0 Å². The number of hydrogen-bond acceptors (Lipinski definition) is 3. The predicted octanol–water partition coefficient (Wildman–Crippen LogP) is 3.84. The van der Waals surface area contributed by atoms with Gasteiger partial charge in [-0.15, -0.1) is 0 Å². The molecule has 21 heavy (non-hydrogen) atoms. The fourth-order valence-corrected chi connectivity index (χ4v) is 3.09. The first-order valence-corrected chi connectivity index (χ1v) is 6.95. The third-order valence-corrected chi connectivity index (χ3v) is 4.09. The zero-order chi connectivity index (χ0) is 15.7.